The van der Waals surface area contributed by atoms with Crippen LogP contribution in [0.1, 0.15) is 6.42 Å². The lowest BCUT2D eigenvalue weighted by Gasteiger charge is -2.11. The van der Waals surface area contributed by atoms with E-state index in [-0.39, 0.29) is 23.6 Å². The van der Waals surface area contributed by atoms with Gasteiger partial charge in [-0.05, 0) is 18.7 Å². The van der Waals surface area contributed by atoms with Crippen molar-refractivity contribution in [1.29, 1.82) is 0 Å². The molecule has 0 amide bonds. The maximum Gasteiger partial charge on any atom is 0.214 e. The lowest BCUT2D eigenvalue weighted by molar-refractivity contribution is 0.388. The predicted octanol–water partition coefficient (Wildman–Crippen LogP) is 1.11. The zero-order valence-corrected chi connectivity index (χ0v) is 9.71. The van der Waals surface area contributed by atoms with Crippen molar-refractivity contribution in [2.75, 3.05) is 13.7 Å². The van der Waals surface area contributed by atoms with Crippen molar-refractivity contribution in [2.45, 2.75) is 16.8 Å². The van der Waals surface area contributed by atoms with E-state index in [1.165, 1.54) is 25.3 Å². The van der Waals surface area contributed by atoms with Gasteiger partial charge < -0.3 is 10.5 Å². The van der Waals surface area contributed by atoms with Crippen molar-refractivity contribution >= 4 is 9.84 Å². The van der Waals surface area contributed by atoms with Crippen LogP contribution >= 0.6 is 0 Å². The Morgan fingerprint density at radius 2 is 2.06 bits per heavy atom. The van der Waals surface area contributed by atoms with Crippen LogP contribution in [0.15, 0.2) is 29.2 Å². The van der Waals surface area contributed by atoms with Crippen LogP contribution in [-0.2, 0) is 9.84 Å². The van der Waals surface area contributed by atoms with Crippen LogP contribution in [0.2, 0.25) is 0 Å². The van der Waals surface area contributed by atoms with Crippen LogP contribution < -0.4 is 10.5 Å². The van der Waals surface area contributed by atoms with Crippen molar-refractivity contribution in [1.82, 2.24) is 0 Å². The number of halogens is 1. The van der Waals surface area contributed by atoms with Gasteiger partial charge in [0.25, 0.3) is 0 Å². The molecule has 90 valence electrons. The average Bonchev–Trinajstić information content (AvgIpc) is 2.29. The van der Waals surface area contributed by atoms with E-state index in [9.17, 15) is 12.8 Å². The number of rotatable bonds is 5. The van der Waals surface area contributed by atoms with Gasteiger partial charge in [0, 0.05) is 6.42 Å². The van der Waals surface area contributed by atoms with Gasteiger partial charge in [-0.2, -0.15) is 0 Å². The molecular formula is C10H14FNO3S. The number of para-hydroxylation sites is 1. The molecule has 0 saturated carbocycles. The number of nitrogens with two attached hydrogens (primary N) is 1. The summed E-state index contributed by atoms with van der Waals surface area (Å²) in [6.07, 6.45) is -0.222. The first kappa shape index (κ1) is 12.9. The van der Waals surface area contributed by atoms with Crippen molar-refractivity contribution in [2.24, 2.45) is 5.73 Å². The highest BCUT2D eigenvalue weighted by molar-refractivity contribution is 7.92. The van der Waals surface area contributed by atoms with Gasteiger partial charge in [0.05, 0.1) is 7.11 Å². The molecule has 0 aliphatic carbocycles. The van der Waals surface area contributed by atoms with Crippen molar-refractivity contribution in [3.05, 3.63) is 24.3 Å². The molecule has 0 saturated heterocycles. The Morgan fingerprint density at radius 3 is 2.62 bits per heavy atom. The largest absolute Gasteiger partial charge is 0.495 e. The molecule has 1 aromatic rings. The van der Waals surface area contributed by atoms with Gasteiger partial charge in [-0.3, -0.25) is 0 Å². The van der Waals surface area contributed by atoms with Crippen molar-refractivity contribution < 1.29 is 17.5 Å². The standard InChI is InChI=1S/C10H14FNO3S/c1-15-8-4-2-3-5-9(8)16(13,14)10(11)6-7-12/h2-5,10H,6-7,12H2,1H3. The number of methoxy groups -OCH3 is 1. The summed E-state index contributed by atoms with van der Waals surface area (Å²) < 4.78 is 41.9. The molecule has 0 aromatic heterocycles. The first-order valence-corrected chi connectivity index (χ1v) is 6.29. The van der Waals surface area contributed by atoms with Crippen LogP contribution in [-0.4, -0.2) is 27.6 Å². The van der Waals surface area contributed by atoms with E-state index in [4.69, 9.17) is 10.5 Å². The molecule has 0 heterocycles. The summed E-state index contributed by atoms with van der Waals surface area (Å²) in [4.78, 5) is -0.140. The Labute approximate surface area is 94.1 Å². The molecule has 4 nitrogen and oxygen atoms in total. The fourth-order valence-electron chi connectivity index (χ4n) is 1.28. The second-order valence-electron chi connectivity index (χ2n) is 3.18. The highest BCUT2D eigenvalue weighted by Gasteiger charge is 2.29. The zero-order valence-electron chi connectivity index (χ0n) is 8.89. The molecule has 1 unspecified atom stereocenters. The Hall–Kier alpha value is -1.14. The van der Waals surface area contributed by atoms with Crippen molar-refractivity contribution in [3.63, 3.8) is 0 Å². The fourth-order valence-corrected chi connectivity index (χ4v) is 2.70. The van der Waals surface area contributed by atoms with Gasteiger partial charge in [-0.1, -0.05) is 12.1 Å². The zero-order chi connectivity index (χ0) is 12.2. The van der Waals surface area contributed by atoms with Gasteiger partial charge in [-0.25, -0.2) is 12.8 Å². The fraction of sp³-hybridized carbons (Fsp3) is 0.400. The highest BCUT2D eigenvalue weighted by Crippen LogP contribution is 2.27. The molecule has 1 aromatic carbocycles. The third-order valence-electron chi connectivity index (χ3n) is 2.11. The molecule has 0 radical (unpaired) electrons. The van der Waals surface area contributed by atoms with Gasteiger partial charge in [-0.15, -0.1) is 0 Å². The molecule has 2 N–H and O–H groups in total. The lowest BCUT2D eigenvalue weighted by atomic mass is 10.3. The average molecular weight is 247 g/mol. The van der Waals surface area contributed by atoms with Crippen LogP contribution in [0.4, 0.5) is 4.39 Å². The molecule has 0 bridgehead atoms. The summed E-state index contributed by atoms with van der Waals surface area (Å²) in [6, 6.07) is 5.93. The molecule has 6 heteroatoms. The van der Waals surface area contributed by atoms with E-state index in [0.717, 1.165) is 0 Å². The lowest BCUT2D eigenvalue weighted by Crippen LogP contribution is -2.20. The number of benzene rings is 1. The molecule has 1 rings (SSSR count). The Morgan fingerprint density at radius 1 is 1.44 bits per heavy atom. The number of ether oxygens (including phenoxy) is 1. The summed E-state index contributed by atoms with van der Waals surface area (Å²) in [5.74, 6) is 0.141. The summed E-state index contributed by atoms with van der Waals surface area (Å²) >= 11 is 0. The first-order valence-electron chi connectivity index (χ1n) is 4.75. The summed E-state index contributed by atoms with van der Waals surface area (Å²) in [6.45, 7) is -0.0183. The SMILES string of the molecule is COc1ccccc1S(=O)(=O)C(F)CCN. The molecule has 0 fully saturated rings. The van der Waals surface area contributed by atoms with E-state index in [2.05, 4.69) is 0 Å². The second kappa shape index (κ2) is 5.27. The van der Waals surface area contributed by atoms with Crippen LogP contribution in [0.5, 0.6) is 5.75 Å². The quantitative estimate of drug-likeness (QED) is 0.846. The van der Waals surface area contributed by atoms with Gasteiger partial charge >= 0.3 is 0 Å². The molecule has 16 heavy (non-hydrogen) atoms. The van der Waals surface area contributed by atoms with E-state index in [0.29, 0.717) is 0 Å². The molecule has 0 aliphatic heterocycles. The molecular weight excluding hydrogens is 233 g/mol. The summed E-state index contributed by atoms with van der Waals surface area (Å²) in [5.41, 5.74) is 3.15. The first-order chi connectivity index (χ1) is 7.54. The Kier molecular flexibility index (Phi) is 4.26. The number of alkyl halides is 1. The Balaban J connectivity index is 3.16. The van der Waals surface area contributed by atoms with Gasteiger partial charge in [0.1, 0.15) is 10.6 Å². The van der Waals surface area contributed by atoms with E-state index in [1.54, 1.807) is 6.07 Å². The molecule has 0 spiro atoms. The highest BCUT2D eigenvalue weighted by atomic mass is 32.2. The smallest absolute Gasteiger partial charge is 0.214 e. The van der Waals surface area contributed by atoms with Gasteiger partial charge in [0.2, 0.25) is 15.3 Å². The monoisotopic (exact) mass is 247 g/mol. The maximum absolute atomic E-state index is 13.5. The number of hydrogen-bond acceptors (Lipinski definition) is 4. The minimum atomic E-state index is -4.02. The topological polar surface area (TPSA) is 69.4 Å². The summed E-state index contributed by atoms with van der Waals surface area (Å²) in [5, 5.41) is 0. The normalized spacial score (nSPS) is 13.4. The third kappa shape index (κ3) is 2.51. The van der Waals surface area contributed by atoms with Gasteiger partial charge in [0.15, 0.2) is 0 Å². The number of hydrogen-bond donors (Lipinski definition) is 1. The maximum atomic E-state index is 13.5. The van der Waals surface area contributed by atoms with E-state index >= 15 is 0 Å². The summed E-state index contributed by atoms with van der Waals surface area (Å²) in [7, 11) is -2.68. The van der Waals surface area contributed by atoms with Crippen LogP contribution in [0.3, 0.4) is 0 Å². The number of sulfone groups is 1. The third-order valence-corrected chi connectivity index (χ3v) is 3.97. The van der Waals surface area contributed by atoms with Crippen molar-refractivity contribution in [3.8, 4) is 5.75 Å². The van der Waals surface area contributed by atoms with E-state index in [1.807, 2.05) is 0 Å². The predicted molar refractivity (Wildman–Crippen MR) is 58.7 cm³/mol. The van der Waals surface area contributed by atoms with Crippen LogP contribution in [0, 0.1) is 0 Å². The van der Waals surface area contributed by atoms with Crippen LogP contribution in [0.25, 0.3) is 0 Å². The molecule has 0 aliphatic rings. The second-order valence-corrected chi connectivity index (χ2v) is 5.22. The molecule has 1 atom stereocenters. The Bertz CT molecular complexity index is 447. The van der Waals surface area contributed by atoms with E-state index < -0.39 is 15.3 Å². The minimum Gasteiger partial charge on any atom is -0.495 e. The minimum absolute atomic E-state index is 0.0183.